The maximum absolute atomic E-state index is 12.9. The number of likely N-dealkylation sites (tertiary alicyclic amines) is 1. The molecule has 1 fully saturated rings. The van der Waals surface area contributed by atoms with Gasteiger partial charge in [-0.15, -0.1) is 0 Å². The SMILES string of the molecule is CC1CCN(C(=O)c2ccccc2C(F)(F)F)C1.Cc1nc2cccc(F)c2o1. The van der Waals surface area contributed by atoms with Crippen molar-refractivity contribution in [2.45, 2.75) is 26.4 Å². The van der Waals surface area contributed by atoms with Gasteiger partial charge in [-0.3, -0.25) is 4.79 Å². The Kier molecular flexibility index (Phi) is 5.91. The number of alkyl halides is 3. The third kappa shape index (κ3) is 4.75. The van der Waals surface area contributed by atoms with Crippen LogP contribution < -0.4 is 0 Å². The molecule has 3 aromatic rings. The number of aryl methyl sites for hydroxylation is 1. The molecule has 8 heteroatoms. The zero-order valence-corrected chi connectivity index (χ0v) is 16.0. The second-order valence-electron chi connectivity index (χ2n) is 7.01. The summed E-state index contributed by atoms with van der Waals surface area (Å²) < 4.78 is 56.3. The summed E-state index contributed by atoms with van der Waals surface area (Å²) in [7, 11) is 0. The van der Waals surface area contributed by atoms with E-state index in [0.29, 0.717) is 30.4 Å². The molecule has 2 aromatic carbocycles. The molecule has 1 aliphatic heterocycles. The van der Waals surface area contributed by atoms with Crippen LogP contribution in [0.1, 0.15) is 35.2 Å². The van der Waals surface area contributed by atoms with Crippen LogP contribution in [0.3, 0.4) is 0 Å². The minimum atomic E-state index is -4.49. The van der Waals surface area contributed by atoms with Gasteiger partial charge in [0.05, 0.1) is 11.1 Å². The number of nitrogens with zero attached hydrogens (tertiary/aromatic N) is 2. The smallest absolute Gasteiger partial charge is 0.417 e. The third-order valence-corrected chi connectivity index (χ3v) is 4.65. The lowest BCUT2D eigenvalue weighted by molar-refractivity contribution is -0.138. The molecule has 1 aliphatic rings. The Morgan fingerprint density at radius 2 is 1.90 bits per heavy atom. The number of rotatable bonds is 1. The van der Waals surface area contributed by atoms with E-state index >= 15 is 0 Å². The lowest BCUT2D eigenvalue weighted by atomic mass is 10.1. The number of oxazole rings is 1. The number of fused-ring (bicyclic) bond motifs is 1. The molecule has 0 aliphatic carbocycles. The molecule has 0 bridgehead atoms. The lowest BCUT2D eigenvalue weighted by Gasteiger charge is -2.19. The monoisotopic (exact) mass is 408 g/mol. The van der Waals surface area contributed by atoms with Crippen LogP contribution in [0, 0.1) is 18.7 Å². The van der Waals surface area contributed by atoms with Crippen molar-refractivity contribution < 1.29 is 26.8 Å². The molecule has 1 aromatic heterocycles. The third-order valence-electron chi connectivity index (χ3n) is 4.65. The van der Waals surface area contributed by atoms with Gasteiger partial charge in [-0.25, -0.2) is 9.37 Å². The molecule has 0 N–H and O–H groups in total. The van der Waals surface area contributed by atoms with Crippen molar-refractivity contribution in [1.29, 1.82) is 0 Å². The fourth-order valence-electron chi connectivity index (χ4n) is 3.23. The number of amides is 1. The summed E-state index contributed by atoms with van der Waals surface area (Å²) in [5, 5.41) is 0. The van der Waals surface area contributed by atoms with Gasteiger partial charge in [-0.05, 0) is 36.6 Å². The Morgan fingerprint density at radius 1 is 1.17 bits per heavy atom. The van der Waals surface area contributed by atoms with E-state index in [1.54, 1.807) is 19.1 Å². The summed E-state index contributed by atoms with van der Waals surface area (Å²) in [4.78, 5) is 17.5. The first-order valence-electron chi connectivity index (χ1n) is 9.14. The molecule has 4 nitrogen and oxygen atoms in total. The van der Waals surface area contributed by atoms with Crippen molar-refractivity contribution in [3.8, 4) is 0 Å². The average molecular weight is 408 g/mol. The van der Waals surface area contributed by atoms with Crippen LogP contribution in [0.15, 0.2) is 46.9 Å². The highest BCUT2D eigenvalue weighted by atomic mass is 19.4. The number of aromatic nitrogens is 1. The Hall–Kier alpha value is -2.90. The predicted octanol–water partition coefficient (Wildman–Crippen LogP) is 5.46. The minimum absolute atomic E-state index is 0.241. The highest BCUT2D eigenvalue weighted by molar-refractivity contribution is 5.96. The van der Waals surface area contributed by atoms with E-state index < -0.39 is 17.6 Å². The first-order valence-corrected chi connectivity index (χ1v) is 9.14. The maximum atomic E-state index is 12.9. The summed E-state index contributed by atoms with van der Waals surface area (Å²) in [5.41, 5.74) is -0.291. The van der Waals surface area contributed by atoms with Gasteiger partial charge in [0.25, 0.3) is 5.91 Å². The summed E-state index contributed by atoms with van der Waals surface area (Å²) in [6.07, 6.45) is -3.64. The number of halogens is 4. The predicted molar refractivity (Wildman–Crippen MR) is 99.8 cm³/mol. The van der Waals surface area contributed by atoms with Gasteiger partial charge in [0.15, 0.2) is 17.3 Å². The topological polar surface area (TPSA) is 46.3 Å². The zero-order chi connectivity index (χ0) is 21.2. The van der Waals surface area contributed by atoms with Gasteiger partial charge in [-0.1, -0.05) is 25.1 Å². The van der Waals surface area contributed by atoms with Crippen LogP contribution in [0.25, 0.3) is 11.1 Å². The first kappa shape index (κ1) is 20.8. The average Bonchev–Trinajstić information content (AvgIpc) is 3.27. The normalized spacial score (nSPS) is 16.6. The van der Waals surface area contributed by atoms with Crippen molar-refractivity contribution >= 4 is 17.0 Å². The molecule has 2 heterocycles. The fraction of sp³-hybridized carbons (Fsp3) is 0.333. The molecule has 1 saturated heterocycles. The van der Waals surface area contributed by atoms with E-state index in [1.165, 1.54) is 29.2 Å². The molecule has 0 saturated carbocycles. The second-order valence-corrected chi connectivity index (χ2v) is 7.01. The molecule has 1 unspecified atom stereocenters. The quantitative estimate of drug-likeness (QED) is 0.502. The Labute approximate surface area is 165 Å². The van der Waals surface area contributed by atoms with Gasteiger partial charge in [0, 0.05) is 20.0 Å². The molecule has 4 rings (SSSR count). The molecule has 29 heavy (non-hydrogen) atoms. The lowest BCUT2D eigenvalue weighted by Crippen LogP contribution is -2.30. The molecule has 154 valence electrons. The highest BCUT2D eigenvalue weighted by Crippen LogP contribution is 2.33. The van der Waals surface area contributed by atoms with E-state index in [-0.39, 0.29) is 17.0 Å². The number of carbonyl (C=O) groups is 1. The van der Waals surface area contributed by atoms with Crippen LogP contribution in [0.5, 0.6) is 0 Å². The largest absolute Gasteiger partial charge is 0.438 e. The number of hydrogen-bond donors (Lipinski definition) is 0. The number of carbonyl (C=O) groups excluding carboxylic acids is 1. The van der Waals surface area contributed by atoms with Gasteiger partial charge >= 0.3 is 6.18 Å². The van der Waals surface area contributed by atoms with Gasteiger partial charge < -0.3 is 9.32 Å². The number of hydrogen-bond acceptors (Lipinski definition) is 3. The summed E-state index contributed by atoms with van der Waals surface area (Å²) in [5.74, 6) is -0.0347. The van der Waals surface area contributed by atoms with E-state index in [0.717, 1.165) is 12.5 Å². The Bertz CT molecular complexity index is 1010. The maximum Gasteiger partial charge on any atom is 0.417 e. The van der Waals surface area contributed by atoms with Gasteiger partial charge in [-0.2, -0.15) is 13.2 Å². The van der Waals surface area contributed by atoms with Crippen molar-refractivity contribution in [3.05, 3.63) is 65.3 Å². The zero-order valence-electron chi connectivity index (χ0n) is 16.0. The van der Waals surface area contributed by atoms with E-state index in [4.69, 9.17) is 4.42 Å². The van der Waals surface area contributed by atoms with Crippen LogP contribution >= 0.6 is 0 Å². The van der Waals surface area contributed by atoms with Crippen LogP contribution in [-0.4, -0.2) is 28.9 Å². The second kappa shape index (κ2) is 8.23. The number of para-hydroxylation sites is 1. The molecule has 1 amide bonds. The van der Waals surface area contributed by atoms with E-state index in [2.05, 4.69) is 4.98 Å². The van der Waals surface area contributed by atoms with Crippen LogP contribution in [0.4, 0.5) is 17.6 Å². The first-order chi connectivity index (χ1) is 13.7. The van der Waals surface area contributed by atoms with Crippen molar-refractivity contribution in [2.75, 3.05) is 13.1 Å². The number of benzene rings is 2. The summed E-state index contributed by atoms with van der Waals surface area (Å²) in [6, 6.07) is 9.64. The molecular weight excluding hydrogens is 388 g/mol. The molecule has 0 spiro atoms. The summed E-state index contributed by atoms with van der Waals surface area (Å²) >= 11 is 0. The summed E-state index contributed by atoms with van der Waals surface area (Å²) in [6.45, 7) is 4.75. The van der Waals surface area contributed by atoms with Gasteiger partial charge in [0.1, 0.15) is 5.52 Å². The van der Waals surface area contributed by atoms with Crippen molar-refractivity contribution in [1.82, 2.24) is 9.88 Å². The minimum Gasteiger partial charge on any atom is -0.438 e. The van der Waals surface area contributed by atoms with Gasteiger partial charge in [0.2, 0.25) is 0 Å². The Balaban J connectivity index is 0.000000186. The van der Waals surface area contributed by atoms with Crippen LogP contribution in [-0.2, 0) is 6.18 Å². The van der Waals surface area contributed by atoms with E-state index in [1.807, 2.05) is 6.92 Å². The van der Waals surface area contributed by atoms with Crippen molar-refractivity contribution in [2.24, 2.45) is 5.92 Å². The molecular formula is C21H20F4N2O2. The Morgan fingerprint density at radius 3 is 2.52 bits per heavy atom. The van der Waals surface area contributed by atoms with Crippen LogP contribution in [0.2, 0.25) is 0 Å². The van der Waals surface area contributed by atoms with Crippen molar-refractivity contribution in [3.63, 3.8) is 0 Å². The highest BCUT2D eigenvalue weighted by Gasteiger charge is 2.36. The fourth-order valence-corrected chi connectivity index (χ4v) is 3.23. The standard InChI is InChI=1S/C13H14F3NO.C8H6FNO/c1-9-6-7-17(8-9)12(18)10-4-2-3-5-11(10)13(14,15)16;1-5-10-7-4-2-3-6(9)8(7)11-5/h2-5,9H,6-8H2,1H3;2-4H,1H3. The van der Waals surface area contributed by atoms with E-state index in [9.17, 15) is 22.4 Å². The molecule has 0 radical (unpaired) electrons. The molecule has 1 atom stereocenters.